The Bertz CT molecular complexity index is 1020. The Morgan fingerprint density at radius 1 is 0.788 bits per heavy atom. The molecule has 3 aromatic rings. The number of piperidine rings is 1. The molecule has 0 saturated carbocycles. The van der Waals surface area contributed by atoms with Crippen molar-refractivity contribution >= 4 is 0 Å². The van der Waals surface area contributed by atoms with Gasteiger partial charge >= 0.3 is 0 Å². The van der Waals surface area contributed by atoms with Gasteiger partial charge in [0.15, 0.2) is 0 Å². The lowest BCUT2D eigenvalue weighted by Crippen LogP contribution is -3.00. The Morgan fingerprint density at radius 2 is 1.24 bits per heavy atom. The molecule has 2 heterocycles. The molecular formula is C30H33BrN2. The molecule has 2 saturated heterocycles. The van der Waals surface area contributed by atoms with Crippen LogP contribution < -0.4 is 17.0 Å². The Labute approximate surface area is 209 Å². The van der Waals surface area contributed by atoms with Crippen molar-refractivity contribution in [3.05, 3.63) is 108 Å². The summed E-state index contributed by atoms with van der Waals surface area (Å²) in [6.45, 7) is 1.13. The average Bonchev–Trinajstić information content (AvgIpc) is 3.00. The van der Waals surface area contributed by atoms with E-state index in [0.29, 0.717) is 18.0 Å². The Morgan fingerprint density at radius 3 is 1.70 bits per heavy atom. The van der Waals surface area contributed by atoms with Gasteiger partial charge in [-0.25, -0.2) is 0 Å². The quantitative estimate of drug-likeness (QED) is 0.475. The van der Waals surface area contributed by atoms with E-state index in [4.69, 9.17) is 0 Å². The number of nitriles is 1. The van der Waals surface area contributed by atoms with Crippen LogP contribution in [0.1, 0.15) is 48.8 Å². The first kappa shape index (κ1) is 23.7. The number of halogens is 1. The van der Waals surface area contributed by atoms with E-state index in [1.165, 1.54) is 35.7 Å². The van der Waals surface area contributed by atoms with Crippen molar-refractivity contribution in [1.29, 1.82) is 5.26 Å². The molecule has 3 aromatic carbocycles. The van der Waals surface area contributed by atoms with Crippen LogP contribution in [0.15, 0.2) is 91.0 Å². The van der Waals surface area contributed by atoms with Crippen molar-refractivity contribution in [2.24, 2.45) is 5.92 Å². The summed E-state index contributed by atoms with van der Waals surface area (Å²) < 4.78 is 1.18. The number of nitrogens with zero attached hydrogens (tertiary/aromatic N) is 2. The van der Waals surface area contributed by atoms with Crippen molar-refractivity contribution in [3.63, 3.8) is 0 Å². The molecule has 2 aliphatic rings. The predicted molar refractivity (Wildman–Crippen MR) is 130 cm³/mol. The van der Waals surface area contributed by atoms with Crippen LogP contribution >= 0.6 is 0 Å². The lowest BCUT2D eigenvalue weighted by molar-refractivity contribution is -0.962. The minimum Gasteiger partial charge on any atom is -1.00 e. The number of quaternary nitrogens is 1. The largest absolute Gasteiger partial charge is 1.00 e. The lowest BCUT2D eigenvalue weighted by atomic mass is 9.67. The van der Waals surface area contributed by atoms with E-state index in [0.717, 1.165) is 24.1 Å². The molecule has 0 N–H and O–H groups in total. The van der Waals surface area contributed by atoms with Gasteiger partial charge in [-0.3, -0.25) is 0 Å². The maximum atomic E-state index is 10.6. The first-order valence-electron chi connectivity index (χ1n) is 12.1. The van der Waals surface area contributed by atoms with Gasteiger partial charge in [0.05, 0.1) is 25.2 Å². The predicted octanol–water partition coefficient (Wildman–Crippen LogP) is 3.48. The summed E-state index contributed by atoms with van der Waals surface area (Å²) in [5.74, 6) is 0.578. The second-order valence-electron chi connectivity index (χ2n) is 10.2. The molecule has 0 aromatic heterocycles. The fourth-order valence-electron chi connectivity index (χ4n) is 6.71. The summed E-state index contributed by atoms with van der Waals surface area (Å²) in [5.41, 5.74) is 3.14. The number of hydrogen-bond acceptors (Lipinski definition) is 1. The van der Waals surface area contributed by atoms with E-state index in [1.54, 1.807) is 0 Å². The van der Waals surface area contributed by atoms with Gasteiger partial charge in [0.1, 0.15) is 12.0 Å². The smallest absolute Gasteiger partial charge is 0.107 e. The molecule has 0 aliphatic carbocycles. The SMILES string of the molecule is C[N+]1(Cc2ccccc2)[C@@H]2CC[C@H]1C[C@@H](CC(C#N)(c1ccccc1)c1ccccc1)C2.[Br-]. The van der Waals surface area contributed by atoms with Gasteiger partial charge in [0, 0.05) is 31.2 Å². The normalized spacial score (nSPS) is 26.2. The molecule has 33 heavy (non-hydrogen) atoms. The van der Waals surface area contributed by atoms with Gasteiger partial charge in [0.25, 0.3) is 0 Å². The van der Waals surface area contributed by atoms with E-state index >= 15 is 0 Å². The summed E-state index contributed by atoms with van der Waals surface area (Å²) in [7, 11) is 2.48. The summed E-state index contributed by atoms with van der Waals surface area (Å²) in [5, 5.41) is 10.6. The monoisotopic (exact) mass is 500 g/mol. The average molecular weight is 502 g/mol. The first-order valence-corrected chi connectivity index (χ1v) is 12.1. The molecule has 1 unspecified atom stereocenters. The van der Waals surface area contributed by atoms with Gasteiger partial charge in [-0.15, -0.1) is 0 Å². The van der Waals surface area contributed by atoms with E-state index in [9.17, 15) is 5.26 Å². The van der Waals surface area contributed by atoms with Crippen molar-refractivity contribution in [2.45, 2.75) is 56.1 Å². The number of rotatable bonds is 6. The fourth-order valence-corrected chi connectivity index (χ4v) is 6.71. The Hall–Kier alpha value is -2.41. The molecule has 2 aliphatic heterocycles. The zero-order valence-electron chi connectivity index (χ0n) is 19.4. The number of fused-ring (bicyclic) bond motifs is 2. The molecule has 5 rings (SSSR count). The second-order valence-corrected chi connectivity index (χ2v) is 10.2. The highest BCUT2D eigenvalue weighted by Gasteiger charge is 2.52. The van der Waals surface area contributed by atoms with E-state index < -0.39 is 5.41 Å². The molecule has 0 amide bonds. The van der Waals surface area contributed by atoms with Gasteiger partial charge in [-0.05, 0) is 23.5 Å². The highest BCUT2D eigenvalue weighted by atomic mass is 79.9. The third-order valence-electron chi connectivity index (χ3n) is 8.40. The van der Waals surface area contributed by atoms with Crippen molar-refractivity contribution < 1.29 is 21.5 Å². The highest BCUT2D eigenvalue weighted by Crippen LogP contribution is 2.49. The van der Waals surface area contributed by atoms with E-state index in [-0.39, 0.29) is 17.0 Å². The van der Waals surface area contributed by atoms with Crippen LogP contribution in [0.5, 0.6) is 0 Å². The zero-order chi connectivity index (χ0) is 22.0. The van der Waals surface area contributed by atoms with Crippen LogP contribution in [0, 0.1) is 17.2 Å². The molecule has 2 nitrogen and oxygen atoms in total. The first-order chi connectivity index (χ1) is 15.6. The van der Waals surface area contributed by atoms with Crippen molar-refractivity contribution in [1.82, 2.24) is 0 Å². The standard InChI is InChI=1S/C30H33N2.BrH/c1-32(22-24-11-5-2-6-12-24)28-17-18-29(32)20-25(19-28)21-30(23-31,26-13-7-3-8-14-26)27-15-9-4-10-16-27;/h2-16,25,28-29H,17-22H2,1H3;1H/q+1;/p-1/t25-,28+,29-,32?;. The van der Waals surface area contributed by atoms with Gasteiger partial charge in [-0.2, -0.15) is 5.26 Å². The topological polar surface area (TPSA) is 23.8 Å². The Kier molecular flexibility index (Phi) is 7.07. The zero-order valence-corrected chi connectivity index (χ0v) is 21.0. The lowest BCUT2D eigenvalue weighted by Gasteiger charge is -2.48. The third kappa shape index (κ3) is 4.39. The fraction of sp³-hybridized carbons (Fsp3) is 0.367. The second kappa shape index (κ2) is 9.84. The molecule has 3 heteroatoms. The van der Waals surface area contributed by atoms with Crippen LogP contribution in [0.3, 0.4) is 0 Å². The van der Waals surface area contributed by atoms with Crippen molar-refractivity contribution in [2.75, 3.05) is 7.05 Å². The van der Waals surface area contributed by atoms with Crippen LogP contribution in [-0.4, -0.2) is 23.6 Å². The summed E-state index contributed by atoms with van der Waals surface area (Å²) in [4.78, 5) is 0. The maximum absolute atomic E-state index is 10.6. The van der Waals surface area contributed by atoms with Gasteiger partial charge in [0.2, 0.25) is 0 Å². The van der Waals surface area contributed by atoms with Crippen LogP contribution in [0.4, 0.5) is 0 Å². The van der Waals surface area contributed by atoms with Gasteiger partial charge < -0.3 is 21.5 Å². The van der Waals surface area contributed by atoms with Gasteiger partial charge in [-0.1, -0.05) is 91.0 Å². The van der Waals surface area contributed by atoms with Crippen LogP contribution in [0.25, 0.3) is 0 Å². The molecule has 4 atom stereocenters. The molecular weight excluding hydrogens is 468 g/mol. The maximum Gasteiger partial charge on any atom is 0.107 e. The molecule has 2 bridgehead atoms. The van der Waals surface area contributed by atoms with Crippen molar-refractivity contribution in [3.8, 4) is 6.07 Å². The summed E-state index contributed by atoms with van der Waals surface area (Å²) >= 11 is 0. The number of benzene rings is 3. The summed E-state index contributed by atoms with van der Waals surface area (Å²) in [6.07, 6.45) is 6.00. The molecule has 170 valence electrons. The minimum atomic E-state index is -0.577. The van der Waals surface area contributed by atoms with E-state index in [2.05, 4.69) is 92.0 Å². The van der Waals surface area contributed by atoms with E-state index in [1.807, 2.05) is 12.1 Å². The Balaban J connectivity index is 0.00000259. The summed E-state index contributed by atoms with van der Waals surface area (Å²) in [6, 6.07) is 36.1. The third-order valence-corrected chi connectivity index (χ3v) is 8.40. The molecule has 2 fully saturated rings. The van der Waals surface area contributed by atoms with Crippen LogP contribution in [-0.2, 0) is 12.0 Å². The molecule has 0 spiro atoms. The van der Waals surface area contributed by atoms with Crippen LogP contribution in [0.2, 0.25) is 0 Å². The highest BCUT2D eigenvalue weighted by molar-refractivity contribution is 5.46. The minimum absolute atomic E-state index is 0. The number of hydrogen-bond donors (Lipinski definition) is 0. The molecule has 0 radical (unpaired) electrons.